The summed E-state index contributed by atoms with van der Waals surface area (Å²) in [4.78, 5) is 15.3. The second-order valence-electron chi connectivity index (χ2n) is 4.46. The molecule has 5 nitrogen and oxygen atoms in total. The van der Waals surface area contributed by atoms with Gasteiger partial charge in [0.15, 0.2) is 17.0 Å². The zero-order valence-corrected chi connectivity index (χ0v) is 9.93. The fraction of sp³-hybridized carbons (Fsp3) is 0.417. The Labute approximate surface area is 99.8 Å². The van der Waals surface area contributed by atoms with Crippen molar-refractivity contribution >= 4 is 17.0 Å². The Bertz CT molecular complexity index is 561. The Kier molecular flexibility index (Phi) is 2.31. The summed E-state index contributed by atoms with van der Waals surface area (Å²) in [6.45, 7) is 5.98. The minimum Gasteiger partial charge on any atom is -0.354 e. The van der Waals surface area contributed by atoms with Crippen molar-refractivity contribution in [2.45, 2.75) is 12.8 Å². The van der Waals surface area contributed by atoms with Gasteiger partial charge in [-0.05, 0) is 12.8 Å². The standard InChI is InChI=1S/C12H15N5/c1-9-3-5-17(6-4-9)12-10-11(13-7-14-12)16(2)8-15-10/h7-8H,1,3-6H2,2H3. The maximum absolute atomic E-state index is 4.39. The number of imidazole rings is 1. The number of piperidine rings is 1. The number of anilines is 1. The predicted octanol–water partition coefficient (Wildman–Crippen LogP) is 1.52. The maximum atomic E-state index is 4.39. The molecule has 0 atom stereocenters. The van der Waals surface area contributed by atoms with E-state index in [1.807, 2.05) is 11.6 Å². The van der Waals surface area contributed by atoms with Crippen molar-refractivity contribution in [2.75, 3.05) is 18.0 Å². The van der Waals surface area contributed by atoms with E-state index in [4.69, 9.17) is 0 Å². The number of hydrogen-bond donors (Lipinski definition) is 0. The summed E-state index contributed by atoms with van der Waals surface area (Å²) < 4.78 is 1.92. The van der Waals surface area contributed by atoms with Crippen molar-refractivity contribution < 1.29 is 0 Å². The lowest BCUT2D eigenvalue weighted by molar-refractivity contribution is 0.680. The van der Waals surface area contributed by atoms with Crippen molar-refractivity contribution in [3.8, 4) is 0 Å². The van der Waals surface area contributed by atoms with Gasteiger partial charge in [0.1, 0.15) is 6.33 Å². The Morgan fingerprint density at radius 1 is 1.18 bits per heavy atom. The van der Waals surface area contributed by atoms with Crippen LogP contribution < -0.4 is 4.90 Å². The van der Waals surface area contributed by atoms with Gasteiger partial charge in [0.05, 0.1) is 6.33 Å². The lowest BCUT2D eigenvalue weighted by Gasteiger charge is -2.28. The molecule has 1 saturated heterocycles. The molecule has 0 saturated carbocycles. The fourth-order valence-electron chi connectivity index (χ4n) is 2.20. The molecule has 17 heavy (non-hydrogen) atoms. The van der Waals surface area contributed by atoms with Gasteiger partial charge in [-0.15, -0.1) is 0 Å². The SMILES string of the molecule is C=C1CCN(c2ncnc3c2ncn3C)CC1. The summed E-state index contributed by atoms with van der Waals surface area (Å²) in [6, 6.07) is 0. The largest absolute Gasteiger partial charge is 0.354 e. The van der Waals surface area contributed by atoms with E-state index < -0.39 is 0 Å². The van der Waals surface area contributed by atoms with E-state index in [0.29, 0.717) is 0 Å². The van der Waals surface area contributed by atoms with Crippen molar-refractivity contribution in [2.24, 2.45) is 7.05 Å². The van der Waals surface area contributed by atoms with Crippen molar-refractivity contribution in [3.05, 3.63) is 24.8 Å². The first-order valence-electron chi connectivity index (χ1n) is 5.79. The molecule has 0 aromatic carbocycles. The lowest BCUT2D eigenvalue weighted by atomic mass is 10.1. The minimum absolute atomic E-state index is 0.888. The van der Waals surface area contributed by atoms with E-state index in [1.54, 1.807) is 12.7 Å². The molecule has 0 radical (unpaired) electrons. The molecule has 0 unspecified atom stereocenters. The highest BCUT2D eigenvalue weighted by atomic mass is 15.2. The molecule has 2 aromatic rings. The average Bonchev–Trinajstić information content (AvgIpc) is 2.73. The Hall–Kier alpha value is -1.91. The average molecular weight is 229 g/mol. The van der Waals surface area contributed by atoms with Gasteiger partial charge < -0.3 is 9.47 Å². The van der Waals surface area contributed by atoms with Gasteiger partial charge in [-0.2, -0.15) is 0 Å². The molecule has 1 aliphatic rings. The molecule has 0 aliphatic carbocycles. The topological polar surface area (TPSA) is 46.8 Å². The van der Waals surface area contributed by atoms with Gasteiger partial charge in [0.2, 0.25) is 0 Å². The van der Waals surface area contributed by atoms with Crippen LogP contribution in [0.2, 0.25) is 0 Å². The minimum atomic E-state index is 0.888. The third-order valence-electron chi connectivity index (χ3n) is 3.25. The van der Waals surface area contributed by atoms with Gasteiger partial charge in [-0.1, -0.05) is 12.2 Å². The van der Waals surface area contributed by atoms with E-state index in [-0.39, 0.29) is 0 Å². The molecule has 3 heterocycles. The predicted molar refractivity (Wildman–Crippen MR) is 66.9 cm³/mol. The number of fused-ring (bicyclic) bond motifs is 1. The smallest absolute Gasteiger partial charge is 0.165 e. The molecule has 0 N–H and O–H groups in total. The zero-order chi connectivity index (χ0) is 11.8. The maximum Gasteiger partial charge on any atom is 0.165 e. The van der Waals surface area contributed by atoms with Gasteiger partial charge >= 0.3 is 0 Å². The number of hydrogen-bond acceptors (Lipinski definition) is 4. The van der Waals surface area contributed by atoms with Crippen LogP contribution in [-0.4, -0.2) is 32.6 Å². The Balaban J connectivity index is 2.02. The Morgan fingerprint density at radius 2 is 1.94 bits per heavy atom. The van der Waals surface area contributed by atoms with Crippen molar-refractivity contribution in [3.63, 3.8) is 0 Å². The highest BCUT2D eigenvalue weighted by Gasteiger charge is 2.18. The monoisotopic (exact) mass is 229 g/mol. The van der Waals surface area contributed by atoms with Gasteiger partial charge in [0, 0.05) is 20.1 Å². The molecule has 2 aromatic heterocycles. The van der Waals surface area contributed by atoms with Crippen LogP contribution in [0.4, 0.5) is 5.82 Å². The van der Waals surface area contributed by atoms with Crippen LogP contribution in [0.1, 0.15) is 12.8 Å². The lowest BCUT2D eigenvalue weighted by Crippen LogP contribution is -2.31. The first kappa shape index (κ1) is 10.3. The summed E-state index contributed by atoms with van der Waals surface area (Å²) in [6.07, 6.45) is 5.48. The molecule has 1 fully saturated rings. The van der Waals surface area contributed by atoms with Gasteiger partial charge in [-0.25, -0.2) is 15.0 Å². The number of aryl methyl sites for hydroxylation is 1. The molecule has 3 rings (SSSR count). The van der Waals surface area contributed by atoms with E-state index in [0.717, 1.165) is 42.9 Å². The first-order valence-corrected chi connectivity index (χ1v) is 5.79. The Morgan fingerprint density at radius 3 is 2.71 bits per heavy atom. The van der Waals surface area contributed by atoms with Crippen LogP contribution >= 0.6 is 0 Å². The zero-order valence-electron chi connectivity index (χ0n) is 9.93. The van der Waals surface area contributed by atoms with E-state index in [9.17, 15) is 0 Å². The highest BCUT2D eigenvalue weighted by Crippen LogP contribution is 2.25. The van der Waals surface area contributed by atoms with Gasteiger partial charge in [-0.3, -0.25) is 0 Å². The molecular formula is C12H15N5. The first-order chi connectivity index (χ1) is 8.25. The third kappa shape index (κ3) is 1.67. The van der Waals surface area contributed by atoms with Crippen LogP contribution in [-0.2, 0) is 7.05 Å². The second kappa shape index (κ2) is 3.84. The van der Waals surface area contributed by atoms with Crippen LogP contribution in [0.5, 0.6) is 0 Å². The van der Waals surface area contributed by atoms with Crippen LogP contribution in [0.3, 0.4) is 0 Å². The van der Waals surface area contributed by atoms with E-state index in [1.165, 1.54) is 5.57 Å². The number of rotatable bonds is 1. The van der Waals surface area contributed by atoms with Crippen molar-refractivity contribution in [1.82, 2.24) is 19.5 Å². The molecule has 88 valence electrons. The summed E-state index contributed by atoms with van der Waals surface area (Å²) >= 11 is 0. The summed E-state index contributed by atoms with van der Waals surface area (Å²) in [5.74, 6) is 0.947. The molecule has 0 spiro atoms. The second-order valence-corrected chi connectivity index (χ2v) is 4.46. The van der Waals surface area contributed by atoms with Crippen LogP contribution in [0, 0.1) is 0 Å². The van der Waals surface area contributed by atoms with Crippen LogP contribution in [0.15, 0.2) is 24.8 Å². The summed E-state index contributed by atoms with van der Waals surface area (Å²) in [5.41, 5.74) is 3.11. The summed E-state index contributed by atoms with van der Waals surface area (Å²) in [5, 5.41) is 0. The molecule has 1 aliphatic heterocycles. The number of aromatic nitrogens is 4. The van der Waals surface area contributed by atoms with Crippen LogP contribution in [0.25, 0.3) is 11.2 Å². The highest BCUT2D eigenvalue weighted by molar-refractivity contribution is 5.83. The number of nitrogens with zero attached hydrogens (tertiary/aromatic N) is 5. The summed E-state index contributed by atoms with van der Waals surface area (Å²) in [7, 11) is 1.95. The van der Waals surface area contributed by atoms with E-state index in [2.05, 4.69) is 26.4 Å². The van der Waals surface area contributed by atoms with Gasteiger partial charge in [0.25, 0.3) is 0 Å². The third-order valence-corrected chi connectivity index (χ3v) is 3.25. The van der Waals surface area contributed by atoms with Crippen molar-refractivity contribution in [1.29, 1.82) is 0 Å². The van der Waals surface area contributed by atoms with E-state index >= 15 is 0 Å². The fourth-order valence-corrected chi connectivity index (χ4v) is 2.20. The normalized spacial score (nSPS) is 16.8. The molecule has 0 amide bonds. The molecular weight excluding hydrogens is 214 g/mol. The quantitative estimate of drug-likeness (QED) is 0.696. The molecule has 5 heteroatoms. The molecule has 0 bridgehead atoms.